The molecule has 0 saturated carbocycles. The molecular weight excluding hydrogens is 202 g/mol. The third-order valence-electron chi connectivity index (χ3n) is 2.38. The zero-order valence-corrected chi connectivity index (χ0v) is 10.2. The van der Waals surface area contributed by atoms with Gasteiger partial charge in [-0.15, -0.1) is 10.2 Å². The minimum Gasteiger partial charge on any atom is -0.493 e. The van der Waals surface area contributed by atoms with Crippen LogP contribution in [0.25, 0.3) is 5.65 Å². The van der Waals surface area contributed by atoms with Gasteiger partial charge in [0.25, 0.3) is 0 Å². The number of nitrogens with zero attached hydrogens (tertiary/aromatic N) is 3. The molecule has 0 amide bonds. The molecule has 16 heavy (non-hydrogen) atoms. The lowest BCUT2D eigenvalue weighted by Crippen LogP contribution is -2.12. The van der Waals surface area contributed by atoms with Crippen molar-refractivity contribution in [3.8, 4) is 5.75 Å². The van der Waals surface area contributed by atoms with E-state index in [2.05, 4.69) is 31.0 Å². The molecule has 0 aliphatic rings. The number of fused-ring (bicyclic) bond motifs is 1. The van der Waals surface area contributed by atoms with Crippen LogP contribution in [0.2, 0.25) is 0 Å². The normalized spacial score (nSPS) is 12.0. The molecule has 0 atom stereocenters. The molecule has 2 rings (SSSR count). The maximum atomic E-state index is 5.25. The summed E-state index contributed by atoms with van der Waals surface area (Å²) < 4.78 is 7.24. The largest absolute Gasteiger partial charge is 0.493 e. The van der Waals surface area contributed by atoms with E-state index in [-0.39, 0.29) is 5.41 Å². The van der Waals surface area contributed by atoms with E-state index in [0.717, 1.165) is 23.6 Å². The maximum absolute atomic E-state index is 5.25. The molecule has 86 valence electrons. The first-order valence-corrected chi connectivity index (χ1v) is 5.38. The fraction of sp³-hybridized carbons (Fsp3) is 0.500. The van der Waals surface area contributed by atoms with Gasteiger partial charge in [0, 0.05) is 12.6 Å². The molecule has 2 aromatic heterocycles. The molecule has 0 spiro atoms. The minimum absolute atomic E-state index is 0.200. The smallest absolute Gasteiger partial charge is 0.203 e. The van der Waals surface area contributed by atoms with Crippen LogP contribution in [-0.4, -0.2) is 21.7 Å². The Balaban J connectivity index is 2.49. The molecule has 0 bridgehead atoms. The van der Waals surface area contributed by atoms with Gasteiger partial charge in [-0.3, -0.25) is 4.40 Å². The molecular formula is C12H17N3O. The zero-order valence-electron chi connectivity index (χ0n) is 10.2. The molecule has 0 aliphatic heterocycles. The molecule has 0 N–H and O–H groups in total. The fourth-order valence-electron chi connectivity index (χ4n) is 1.69. The Morgan fingerprint density at radius 1 is 1.31 bits per heavy atom. The van der Waals surface area contributed by atoms with E-state index >= 15 is 0 Å². The molecule has 4 nitrogen and oxygen atoms in total. The summed E-state index contributed by atoms with van der Waals surface area (Å²) in [5.41, 5.74) is 0.982. The quantitative estimate of drug-likeness (QED) is 0.778. The maximum Gasteiger partial charge on any atom is 0.203 e. The molecule has 0 aromatic carbocycles. The lowest BCUT2D eigenvalue weighted by atomic mass is 9.92. The number of pyridine rings is 1. The second-order valence-corrected chi connectivity index (χ2v) is 5.12. The van der Waals surface area contributed by atoms with E-state index in [1.165, 1.54) is 0 Å². The van der Waals surface area contributed by atoms with Crippen molar-refractivity contribution < 1.29 is 4.74 Å². The summed E-state index contributed by atoms with van der Waals surface area (Å²) in [4.78, 5) is 0. The molecule has 2 aromatic rings. The van der Waals surface area contributed by atoms with Crippen molar-refractivity contribution in [2.24, 2.45) is 5.41 Å². The highest BCUT2D eigenvalue weighted by atomic mass is 16.5. The Morgan fingerprint density at radius 2 is 2.06 bits per heavy atom. The number of hydrogen-bond donors (Lipinski definition) is 0. The zero-order chi connectivity index (χ0) is 11.8. The Morgan fingerprint density at radius 3 is 2.69 bits per heavy atom. The van der Waals surface area contributed by atoms with Crippen molar-refractivity contribution >= 4 is 5.65 Å². The third-order valence-corrected chi connectivity index (χ3v) is 2.38. The van der Waals surface area contributed by atoms with E-state index in [9.17, 15) is 0 Å². The molecule has 0 fully saturated rings. The minimum atomic E-state index is 0.200. The highest BCUT2D eigenvalue weighted by Crippen LogP contribution is 2.22. The summed E-state index contributed by atoms with van der Waals surface area (Å²) in [5.74, 6) is 1.73. The highest BCUT2D eigenvalue weighted by Gasteiger charge is 2.17. The van der Waals surface area contributed by atoms with Crippen molar-refractivity contribution in [2.75, 3.05) is 7.11 Å². The van der Waals surface area contributed by atoms with Crippen molar-refractivity contribution in [1.82, 2.24) is 14.6 Å². The van der Waals surface area contributed by atoms with Crippen LogP contribution in [0.15, 0.2) is 18.3 Å². The van der Waals surface area contributed by atoms with Crippen LogP contribution in [0.3, 0.4) is 0 Å². The second kappa shape index (κ2) is 3.77. The average molecular weight is 219 g/mol. The van der Waals surface area contributed by atoms with Gasteiger partial charge in [0.15, 0.2) is 5.75 Å². The predicted molar refractivity (Wildman–Crippen MR) is 62.7 cm³/mol. The number of methoxy groups -OCH3 is 1. The van der Waals surface area contributed by atoms with E-state index in [1.54, 1.807) is 7.11 Å². The predicted octanol–water partition coefficient (Wildman–Crippen LogP) is 2.33. The lowest BCUT2D eigenvalue weighted by molar-refractivity contribution is 0.398. The Kier molecular flexibility index (Phi) is 2.58. The fourth-order valence-corrected chi connectivity index (χ4v) is 1.69. The second-order valence-electron chi connectivity index (χ2n) is 5.12. The molecule has 0 saturated heterocycles. The lowest BCUT2D eigenvalue weighted by Gasteiger charge is -2.16. The summed E-state index contributed by atoms with van der Waals surface area (Å²) in [7, 11) is 1.65. The molecule has 0 unspecified atom stereocenters. The van der Waals surface area contributed by atoms with Crippen LogP contribution in [0.1, 0.15) is 26.6 Å². The van der Waals surface area contributed by atoms with Crippen molar-refractivity contribution in [2.45, 2.75) is 27.2 Å². The van der Waals surface area contributed by atoms with Crippen LogP contribution in [0.5, 0.6) is 5.75 Å². The van der Waals surface area contributed by atoms with Gasteiger partial charge < -0.3 is 4.74 Å². The Hall–Kier alpha value is -1.58. The summed E-state index contributed by atoms with van der Waals surface area (Å²) in [6, 6.07) is 3.84. The first-order valence-electron chi connectivity index (χ1n) is 5.38. The van der Waals surface area contributed by atoms with Crippen molar-refractivity contribution in [3.05, 3.63) is 24.2 Å². The standard InChI is InChI=1S/C12H17N3O/c1-12(2,3)8-10-13-14-11-9(16-4)6-5-7-15(10)11/h5-7H,8H2,1-4H3. The van der Waals surface area contributed by atoms with Gasteiger partial charge in [-0.2, -0.15) is 0 Å². The summed E-state index contributed by atoms with van der Waals surface area (Å²) in [5, 5.41) is 8.38. The first kappa shape index (κ1) is 10.9. The summed E-state index contributed by atoms with van der Waals surface area (Å²) in [6.45, 7) is 6.57. The molecule has 0 aliphatic carbocycles. The average Bonchev–Trinajstić information content (AvgIpc) is 2.59. The molecule has 0 radical (unpaired) electrons. The number of aromatic nitrogens is 3. The van der Waals surface area contributed by atoms with Crippen LogP contribution < -0.4 is 4.74 Å². The Bertz CT molecular complexity index is 496. The van der Waals surface area contributed by atoms with E-state index in [0.29, 0.717) is 0 Å². The van der Waals surface area contributed by atoms with Crippen LogP contribution in [-0.2, 0) is 6.42 Å². The first-order chi connectivity index (χ1) is 7.51. The number of rotatable bonds is 2. The van der Waals surface area contributed by atoms with Crippen molar-refractivity contribution in [1.29, 1.82) is 0 Å². The Labute approximate surface area is 95.3 Å². The van der Waals surface area contributed by atoms with Gasteiger partial charge in [0.05, 0.1) is 7.11 Å². The van der Waals surface area contributed by atoms with Gasteiger partial charge in [0.1, 0.15) is 5.82 Å². The van der Waals surface area contributed by atoms with Crippen LogP contribution in [0, 0.1) is 5.41 Å². The van der Waals surface area contributed by atoms with Crippen molar-refractivity contribution in [3.63, 3.8) is 0 Å². The molecule has 2 heterocycles. The van der Waals surface area contributed by atoms with Gasteiger partial charge in [-0.25, -0.2) is 0 Å². The van der Waals surface area contributed by atoms with Gasteiger partial charge in [-0.1, -0.05) is 20.8 Å². The summed E-state index contributed by atoms with van der Waals surface area (Å²) in [6.07, 6.45) is 2.86. The third kappa shape index (κ3) is 2.01. The van der Waals surface area contributed by atoms with E-state index in [1.807, 2.05) is 22.7 Å². The van der Waals surface area contributed by atoms with Gasteiger partial charge in [0.2, 0.25) is 5.65 Å². The topological polar surface area (TPSA) is 39.4 Å². The number of ether oxygens (including phenoxy) is 1. The highest BCUT2D eigenvalue weighted by molar-refractivity contribution is 5.53. The molecule has 4 heteroatoms. The van der Waals surface area contributed by atoms with E-state index in [4.69, 9.17) is 4.74 Å². The van der Waals surface area contributed by atoms with Gasteiger partial charge >= 0.3 is 0 Å². The van der Waals surface area contributed by atoms with Crippen LogP contribution in [0.4, 0.5) is 0 Å². The van der Waals surface area contributed by atoms with Crippen LogP contribution >= 0.6 is 0 Å². The van der Waals surface area contributed by atoms with Gasteiger partial charge in [-0.05, 0) is 17.5 Å². The number of hydrogen-bond acceptors (Lipinski definition) is 3. The SMILES string of the molecule is COc1cccn2c(CC(C)(C)C)nnc12. The summed E-state index contributed by atoms with van der Waals surface area (Å²) >= 11 is 0. The monoisotopic (exact) mass is 219 g/mol. The van der Waals surface area contributed by atoms with E-state index < -0.39 is 0 Å².